The molecule has 1 N–H and O–H groups in total. The lowest BCUT2D eigenvalue weighted by atomic mass is 9.96. The highest BCUT2D eigenvalue weighted by Crippen LogP contribution is 2.32. The number of alkyl halides is 3. The molecule has 0 atom stereocenters. The van der Waals surface area contributed by atoms with E-state index in [0.29, 0.717) is 41.4 Å². The minimum atomic E-state index is -4.50. The van der Waals surface area contributed by atoms with Crippen LogP contribution in [0.15, 0.2) is 39.9 Å². The van der Waals surface area contributed by atoms with Gasteiger partial charge in [-0.3, -0.25) is 14.2 Å². The minimum Gasteiger partial charge on any atom is -0.354 e. The second-order valence-corrected chi connectivity index (χ2v) is 10.3. The van der Waals surface area contributed by atoms with E-state index in [4.69, 9.17) is 4.52 Å². The summed E-state index contributed by atoms with van der Waals surface area (Å²) in [6.07, 6.45) is -1.79. The van der Waals surface area contributed by atoms with Crippen LogP contribution in [0.4, 0.5) is 18.3 Å². The average molecular weight is 548 g/mol. The number of amides is 1. The van der Waals surface area contributed by atoms with Crippen molar-refractivity contribution < 1.29 is 22.5 Å². The molecule has 0 radical (unpaired) electrons. The highest BCUT2D eigenvalue weighted by molar-refractivity contribution is 7.22. The van der Waals surface area contributed by atoms with Crippen molar-refractivity contribution in [1.29, 1.82) is 0 Å². The third-order valence-corrected chi connectivity index (χ3v) is 7.25. The molecule has 0 spiro atoms. The first-order valence-electron chi connectivity index (χ1n) is 12.0. The molecule has 4 heterocycles. The Hall–Kier alpha value is -3.81. The summed E-state index contributed by atoms with van der Waals surface area (Å²) in [5.41, 5.74) is -0.700. The van der Waals surface area contributed by atoms with Gasteiger partial charge in [0.05, 0.1) is 5.56 Å². The van der Waals surface area contributed by atoms with E-state index < -0.39 is 11.7 Å². The predicted molar refractivity (Wildman–Crippen MR) is 134 cm³/mol. The van der Waals surface area contributed by atoms with Crippen molar-refractivity contribution in [2.75, 3.05) is 18.0 Å². The van der Waals surface area contributed by atoms with Gasteiger partial charge in [0.2, 0.25) is 17.6 Å². The molecular formula is C24H24F3N7O3S. The van der Waals surface area contributed by atoms with Crippen molar-refractivity contribution in [2.45, 2.75) is 45.5 Å². The number of nitrogens with zero attached hydrogens (tertiary/aromatic N) is 6. The lowest BCUT2D eigenvalue weighted by Gasteiger charge is -2.31. The van der Waals surface area contributed by atoms with E-state index in [2.05, 4.69) is 30.3 Å². The Morgan fingerprint density at radius 1 is 1.24 bits per heavy atom. The van der Waals surface area contributed by atoms with Crippen molar-refractivity contribution in [3.63, 3.8) is 0 Å². The van der Waals surface area contributed by atoms with E-state index in [1.54, 1.807) is 0 Å². The summed E-state index contributed by atoms with van der Waals surface area (Å²) in [4.78, 5) is 40.4. The van der Waals surface area contributed by atoms with Gasteiger partial charge >= 0.3 is 6.18 Å². The maximum Gasteiger partial charge on any atom is 0.416 e. The van der Waals surface area contributed by atoms with E-state index in [1.807, 2.05) is 13.8 Å². The summed E-state index contributed by atoms with van der Waals surface area (Å²) in [5.74, 6) is 0.0465. The van der Waals surface area contributed by atoms with Gasteiger partial charge < -0.3 is 14.7 Å². The lowest BCUT2D eigenvalue weighted by molar-refractivity contribution is -0.137. The van der Waals surface area contributed by atoms with Crippen molar-refractivity contribution in [3.8, 4) is 11.4 Å². The number of halogens is 3. The molecule has 1 saturated heterocycles. The zero-order valence-electron chi connectivity index (χ0n) is 20.5. The molecule has 1 aliphatic heterocycles. The van der Waals surface area contributed by atoms with Gasteiger partial charge in [0.1, 0.15) is 17.6 Å². The number of anilines is 1. The zero-order chi connectivity index (χ0) is 27.0. The maximum atomic E-state index is 13.1. The van der Waals surface area contributed by atoms with Gasteiger partial charge in [-0.15, -0.1) is 0 Å². The lowest BCUT2D eigenvalue weighted by Crippen LogP contribution is -2.42. The van der Waals surface area contributed by atoms with Gasteiger partial charge in [0.15, 0.2) is 10.8 Å². The summed E-state index contributed by atoms with van der Waals surface area (Å²) in [5, 5.41) is 7.38. The number of piperidine rings is 1. The molecule has 10 nitrogen and oxygen atoms in total. The van der Waals surface area contributed by atoms with Gasteiger partial charge in [0.25, 0.3) is 5.56 Å². The summed E-state index contributed by atoms with van der Waals surface area (Å²) in [6, 6.07) is 4.70. The Kier molecular flexibility index (Phi) is 6.90. The van der Waals surface area contributed by atoms with Gasteiger partial charge in [-0.05, 0) is 38.8 Å². The molecule has 0 aliphatic carbocycles. The molecule has 1 aromatic carbocycles. The van der Waals surface area contributed by atoms with Crippen LogP contribution in [0.25, 0.3) is 21.7 Å². The molecule has 14 heteroatoms. The van der Waals surface area contributed by atoms with Crippen molar-refractivity contribution in [3.05, 3.63) is 52.4 Å². The smallest absolute Gasteiger partial charge is 0.354 e. The number of carbonyl (C=O) groups is 1. The van der Waals surface area contributed by atoms with Crippen LogP contribution in [-0.2, 0) is 17.5 Å². The van der Waals surface area contributed by atoms with E-state index in [1.165, 1.54) is 34.4 Å². The summed E-state index contributed by atoms with van der Waals surface area (Å²) < 4.78 is 45.9. The zero-order valence-corrected chi connectivity index (χ0v) is 21.3. The fourth-order valence-corrected chi connectivity index (χ4v) is 5.26. The van der Waals surface area contributed by atoms with Crippen LogP contribution in [0, 0.1) is 5.92 Å². The summed E-state index contributed by atoms with van der Waals surface area (Å²) >= 11 is 1.23. The van der Waals surface area contributed by atoms with Crippen LogP contribution in [0.2, 0.25) is 0 Å². The van der Waals surface area contributed by atoms with E-state index >= 15 is 0 Å². The molecule has 0 saturated carbocycles. The standard InChI is InChI=1S/C24H24F3N7O3S/c1-13(2)29-21(35)14-6-8-33(9-7-14)23-31-20-18(38-23)22(36)34(12-28-20)11-17-30-19(32-37-17)15-4-3-5-16(10-15)24(25,26)27/h3-5,10,12-14H,6-9,11H2,1-2H3,(H,29,35). The summed E-state index contributed by atoms with van der Waals surface area (Å²) in [7, 11) is 0. The molecular weight excluding hydrogens is 523 g/mol. The SMILES string of the molecule is CC(C)NC(=O)C1CCN(c2nc3ncn(Cc4nc(-c5cccc(C(F)(F)F)c5)no4)c(=O)c3s2)CC1. The van der Waals surface area contributed by atoms with E-state index in [9.17, 15) is 22.8 Å². The van der Waals surface area contributed by atoms with E-state index in [0.717, 1.165) is 12.1 Å². The Morgan fingerprint density at radius 2 is 2.00 bits per heavy atom. The van der Waals surface area contributed by atoms with Crippen molar-refractivity contribution in [1.82, 2.24) is 30.0 Å². The van der Waals surface area contributed by atoms with Crippen LogP contribution in [0.1, 0.15) is 38.1 Å². The van der Waals surface area contributed by atoms with Gasteiger partial charge in [0, 0.05) is 30.6 Å². The highest BCUT2D eigenvalue weighted by atomic mass is 32.1. The van der Waals surface area contributed by atoms with E-state index in [-0.39, 0.29) is 47.2 Å². The number of carbonyl (C=O) groups excluding carboxylic acids is 1. The number of hydrogen-bond acceptors (Lipinski definition) is 9. The Morgan fingerprint density at radius 3 is 2.71 bits per heavy atom. The fraction of sp³-hybridized carbons (Fsp3) is 0.417. The second kappa shape index (κ2) is 10.2. The number of fused-ring (bicyclic) bond motifs is 1. The van der Waals surface area contributed by atoms with Gasteiger partial charge in [-0.2, -0.15) is 23.1 Å². The first-order chi connectivity index (χ1) is 18.1. The Balaban J connectivity index is 1.30. The molecule has 38 heavy (non-hydrogen) atoms. The quantitative estimate of drug-likeness (QED) is 0.388. The monoisotopic (exact) mass is 547 g/mol. The Bertz CT molecular complexity index is 1520. The van der Waals surface area contributed by atoms with Crippen LogP contribution < -0.4 is 15.8 Å². The molecule has 200 valence electrons. The van der Waals surface area contributed by atoms with Crippen LogP contribution in [0.3, 0.4) is 0 Å². The van der Waals surface area contributed by atoms with Crippen molar-refractivity contribution >= 4 is 32.7 Å². The number of benzene rings is 1. The topological polar surface area (TPSA) is 119 Å². The maximum absolute atomic E-state index is 13.1. The molecule has 1 fully saturated rings. The van der Waals surface area contributed by atoms with Crippen LogP contribution >= 0.6 is 11.3 Å². The molecule has 0 unspecified atom stereocenters. The van der Waals surface area contributed by atoms with Crippen LogP contribution in [0.5, 0.6) is 0 Å². The largest absolute Gasteiger partial charge is 0.416 e. The third-order valence-electron chi connectivity index (χ3n) is 6.16. The second-order valence-electron chi connectivity index (χ2n) is 9.34. The number of rotatable bonds is 6. The third kappa shape index (κ3) is 5.39. The first kappa shape index (κ1) is 25.8. The predicted octanol–water partition coefficient (Wildman–Crippen LogP) is 3.71. The number of thiazole rings is 1. The summed E-state index contributed by atoms with van der Waals surface area (Å²) in [6.45, 7) is 5.05. The number of nitrogens with one attached hydrogen (secondary N) is 1. The molecule has 0 bridgehead atoms. The molecule has 1 aliphatic rings. The van der Waals surface area contributed by atoms with Crippen molar-refractivity contribution in [2.24, 2.45) is 5.92 Å². The minimum absolute atomic E-state index is 0.0151. The normalized spacial score (nSPS) is 14.9. The molecule has 4 aromatic rings. The Labute approximate surface area is 218 Å². The highest BCUT2D eigenvalue weighted by Gasteiger charge is 2.31. The number of aromatic nitrogens is 5. The first-order valence-corrected chi connectivity index (χ1v) is 12.8. The van der Waals surface area contributed by atoms with Gasteiger partial charge in [-0.1, -0.05) is 28.6 Å². The number of hydrogen-bond donors (Lipinski definition) is 1. The van der Waals surface area contributed by atoms with Gasteiger partial charge in [-0.25, -0.2) is 4.98 Å². The molecule has 3 aromatic heterocycles. The molecule has 1 amide bonds. The fourth-order valence-electron chi connectivity index (χ4n) is 4.24. The van der Waals surface area contributed by atoms with Crippen LogP contribution in [-0.4, -0.2) is 49.7 Å². The average Bonchev–Trinajstić information content (AvgIpc) is 3.53. The molecule has 5 rings (SSSR count).